The van der Waals surface area contributed by atoms with Gasteiger partial charge in [0.1, 0.15) is 43.2 Å². The van der Waals surface area contributed by atoms with Gasteiger partial charge >= 0.3 is 21.6 Å². The highest BCUT2D eigenvalue weighted by Gasteiger charge is 2.44. The van der Waals surface area contributed by atoms with Crippen molar-refractivity contribution in [3.8, 4) is 0 Å². The zero-order valence-electron chi connectivity index (χ0n) is 15.8. The predicted octanol–water partition coefficient (Wildman–Crippen LogP) is -6.16. The number of Topliss-reactive ketones (excluding diaryl/α,β-unsaturated/α-hetero) is 1. The van der Waals surface area contributed by atoms with E-state index in [1.807, 2.05) is 0 Å². The van der Waals surface area contributed by atoms with Crippen LogP contribution in [0.25, 0.3) is 0 Å². The fourth-order valence-corrected chi connectivity index (χ4v) is 3.03. The molecule has 0 aliphatic rings. The van der Waals surface area contributed by atoms with Crippen molar-refractivity contribution in [2.45, 2.75) is 42.7 Å². The summed E-state index contributed by atoms with van der Waals surface area (Å²) >= 11 is 0. The Labute approximate surface area is 178 Å². The molecular formula is C12H24O18P2. The van der Waals surface area contributed by atoms with E-state index in [1.54, 1.807) is 0 Å². The lowest BCUT2D eigenvalue weighted by Gasteiger charge is -2.28. The maximum atomic E-state index is 12.0. The number of aliphatic hydroxyl groups excluding tert-OH is 8. The van der Waals surface area contributed by atoms with E-state index in [9.17, 15) is 49.1 Å². The summed E-state index contributed by atoms with van der Waals surface area (Å²) in [4.78, 5) is 50.4. The first kappa shape index (κ1) is 31.1. The Morgan fingerprint density at radius 3 is 1.69 bits per heavy atom. The number of aliphatic hydroxyl groups is 8. The summed E-state index contributed by atoms with van der Waals surface area (Å²) in [5.74, 6) is -3.78. The van der Waals surface area contributed by atoms with Crippen LogP contribution >= 0.6 is 15.6 Å². The summed E-state index contributed by atoms with van der Waals surface area (Å²) in [6.07, 6.45) is -17.0. The topological polar surface area (TPSA) is 318 Å². The number of carbonyl (C=O) groups is 2. The molecule has 0 radical (unpaired) electrons. The molecule has 32 heavy (non-hydrogen) atoms. The fourth-order valence-electron chi connectivity index (χ4n) is 1.84. The first-order valence-corrected chi connectivity index (χ1v) is 11.3. The molecule has 0 heterocycles. The number of hydrogen-bond acceptors (Lipinski definition) is 15. The van der Waals surface area contributed by atoms with Crippen LogP contribution in [-0.4, -0.2) is 130 Å². The molecule has 18 nitrogen and oxygen atoms in total. The van der Waals surface area contributed by atoms with Gasteiger partial charge in [0.15, 0.2) is 11.9 Å². The Hall–Kier alpha value is -0.920. The van der Waals surface area contributed by atoms with E-state index in [0.717, 1.165) is 0 Å². The summed E-state index contributed by atoms with van der Waals surface area (Å²) in [6, 6.07) is 0. The number of hydrogen-bond donors (Lipinski definition) is 11. The molecule has 0 saturated heterocycles. The van der Waals surface area contributed by atoms with Crippen LogP contribution in [0.5, 0.6) is 0 Å². The smallest absolute Gasteiger partial charge is 0.394 e. The lowest BCUT2D eigenvalue weighted by Crippen LogP contribution is -2.50. The Kier molecular flexibility index (Phi) is 12.7. The molecule has 190 valence electrons. The Balaban J connectivity index is 5.46. The van der Waals surface area contributed by atoms with Gasteiger partial charge in [0.05, 0.1) is 13.2 Å². The van der Waals surface area contributed by atoms with Crippen LogP contribution in [0.3, 0.4) is 0 Å². The summed E-state index contributed by atoms with van der Waals surface area (Å²) < 4.78 is 34.6. The van der Waals surface area contributed by atoms with Gasteiger partial charge in [-0.05, 0) is 0 Å². The van der Waals surface area contributed by atoms with Crippen molar-refractivity contribution in [3.05, 3.63) is 0 Å². The number of ketones is 1. The summed E-state index contributed by atoms with van der Waals surface area (Å²) in [5.41, 5.74) is 0. The standard InChI is InChI=1S/C12H24O18P2/c13-1-4(15)7(18)9(20)6(17)3-28-32(26,27)29-11(12(22)30-31(23,24)25)10(21)8(19)5(16)2-14/h4-5,7-11,13-16,18-21H,1-3H2,(H,26,27)(H2,23,24,25)/t4-,5+,7+,8+,9+,10-,11+/m0/s1. The van der Waals surface area contributed by atoms with Crippen LogP contribution in [0.4, 0.5) is 0 Å². The third kappa shape index (κ3) is 10.3. The van der Waals surface area contributed by atoms with Crippen LogP contribution in [0.2, 0.25) is 0 Å². The quantitative estimate of drug-likeness (QED) is 0.0898. The van der Waals surface area contributed by atoms with E-state index in [-0.39, 0.29) is 0 Å². The van der Waals surface area contributed by atoms with E-state index in [4.69, 9.17) is 25.1 Å². The lowest BCUT2D eigenvalue weighted by atomic mass is 10.0. The van der Waals surface area contributed by atoms with Gasteiger partial charge in [-0.1, -0.05) is 0 Å². The molecule has 8 atom stereocenters. The van der Waals surface area contributed by atoms with Crippen LogP contribution in [0.15, 0.2) is 0 Å². The Bertz CT molecular complexity index is 708. The molecule has 0 spiro atoms. The molecule has 0 rings (SSSR count). The highest BCUT2D eigenvalue weighted by molar-refractivity contribution is 7.47. The van der Waals surface area contributed by atoms with Crippen molar-refractivity contribution >= 4 is 27.4 Å². The van der Waals surface area contributed by atoms with Gasteiger partial charge in [0.2, 0.25) is 0 Å². The van der Waals surface area contributed by atoms with Gasteiger partial charge in [0, 0.05) is 0 Å². The van der Waals surface area contributed by atoms with Crippen molar-refractivity contribution in [1.82, 2.24) is 0 Å². The maximum Gasteiger partial charge on any atom is 0.527 e. The number of phosphoric acid groups is 2. The largest absolute Gasteiger partial charge is 0.527 e. The first-order chi connectivity index (χ1) is 14.5. The third-order valence-electron chi connectivity index (χ3n) is 3.53. The monoisotopic (exact) mass is 518 g/mol. The predicted molar refractivity (Wildman–Crippen MR) is 94.0 cm³/mol. The van der Waals surface area contributed by atoms with Crippen LogP contribution < -0.4 is 0 Å². The molecule has 0 aliphatic heterocycles. The highest BCUT2D eigenvalue weighted by atomic mass is 31.2. The summed E-state index contributed by atoms with van der Waals surface area (Å²) in [6.45, 7) is -3.82. The molecule has 20 heteroatoms. The summed E-state index contributed by atoms with van der Waals surface area (Å²) in [5, 5.41) is 74.2. The number of phosphoric ester groups is 2. The third-order valence-corrected chi connectivity index (χ3v) is 4.90. The molecule has 0 aromatic heterocycles. The zero-order valence-corrected chi connectivity index (χ0v) is 17.6. The van der Waals surface area contributed by atoms with E-state index in [2.05, 4.69) is 13.6 Å². The van der Waals surface area contributed by atoms with Crippen molar-refractivity contribution in [3.63, 3.8) is 0 Å². The Morgan fingerprint density at radius 2 is 1.25 bits per heavy atom. The van der Waals surface area contributed by atoms with Crippen molar-refractivity contribution in [1.29, 1.82) is 0 Å². The van der Waals surface area contributed by atoms with E-state index >= 15 is 0 Å². The Morgan fingerprint density at radius 1 is 0.781 bits per heavy atom. The summed E-state index contributed by atoms with van der Waals surface area (Å²) in [7, 11) is -11.3. The van der Waals surface area contributed by atoms with Crippen LogP contribution in [0.1, 0.15) is 0 Å². The normalized spacial score (nSPS) is 20.8. The second kappa shape index (κ2) is 13.1. The van der Waals surface area contributed by atoms with E-state index in [1.165, 1.54) is 0 Å². The first-order valence-electron chi connectivity index (χ1n) is 8.25. The minimum atomic E-state index is -5.65. The molecule has 0 fully saturated rings. The fraction of sp³-hybridized carbons (Fsp3) is 0.833. The number of rotatable bonds is 15. The van der Waals surface area contributed by atoms with Gasteiger partial charge in [0.25, 0.3) is 0 Å². The van der Waals surface area contributed by atoms with Crippen molar-refractivity contribution in [2.24, 2.45) is 0 Å². The zero-order chi connectivity index (χ0) is 25.4. The molecule has 0 aliphatic carbocycles. The second-order valence-electron chi connectivity index (χ2n) is 6.05. The van der Waals surface area contributed by atoms with Gasteiger partial charge in [-0.3, -0.25) is 23.6 Å². The molecule has 11 N–H and O–H groups in total. The number of carbonyl (C=O) groups excluding carboxylic acids is 2. The molecular weight excluding hydrogens is 494 g/mol. The molecule has 0 aromatic carbocycles. The van der Waals surface area contributed by atoms with Gasteiger partial charge < -0.3 is 50.3 Å². The lowest BCUT2D eigenvalue weighted by molar-refractivity contribution is -0.161. The van der Waals surface area contributed by atoms with Crippen molar-refractivity contribution < 1.29 is 87.8 Å². The molecule has 1 unspecified atom stereocenters. The van der Waals surface area contributed by atoms with Crippen molar-refractivity contribution in [2.75, 3.05) is 19.8 Å². The molecule has 0 amide bonds. The average Bonchev–Trinajstić information content (AvgIpc) is 2.71. The van der Waals surface area contributed by atoms with Gasteiger partial charge in [-0.15, -0.1) is 0 Å². The van der Waals surface area contributed by atoms with Crippen LogP contribution in [-0.2, 0) is 32.3 Å². The van der Waals surface area contributed by atoms with Crippen LogP contribution in [0, 0.1) is 0 Å². The second-order valence-corrected chi connectivity index (χ2v) is 8.62. The minimum Gasteiger partial charge on any atom is -0.394 e. The molecule has 0 bridgehead atoms. The molecule has 0 saturated carbocycles. The minimum absolute atomic E-state index is 1.07. The highest BCUT2D eigenvalue weighted by Crippen LogP contribution is 2.46. The van der Waals surface area contributed by atoms with E-state index in [0.29, 0.717) is 0 Å². The molecule has 0 aromatic rings. The maximum absolute atomic E-state index is 12.0. The SMILES string of the molecule is O=C(COP(=O)(O)O[C@@H](C(=O)OP(=O)(O)O)[C@@H](O)[C@H](O)[C@H](O)CO)[C@@H](O)[C@H](O)[C@@H](O)CO. The van der Waals surface area contributed by atoms with Gasteiger partial charge in [-0.2, -0.15) is 0 Å². The van der Waals surface area contributed by atoms with E-state index < -0.39 is 89.9 Å². The van der Waals surface area contributed by atoms with Gasteiger partial charge in [-0.25, -0.2) is 13.9 Å². The average molecular weight is 518 g/mol.